The molecule has 12 nitrogen and oxygen atoms in total. The standard InChI is InChI=1S/C24H27NO11/c1-14(15(2)33-24(29)34-17-8-6-5-7-9-17)32-21(26)18(25)12-16-10-11-19(35-22(27)30-3)20(13-16)36-23(28)31-4/h5-11,13-15,18H,12,25H2,1-4H3/t14-,15-,18-/m0/s1. The number of rotatable bonds is 9. The Bertz CT molecular complexity index is 1060. The van der Waals surface area contributed by atoms with Gasteiger partial charge in [0.2, 0.25) is 0 Å². The van der Waals surface area contributed by atoms with Gasteiger partial charge in [0.25, 0.3) is 0 Å². The molecule has 0 aliphatic carbocycles. The molecule has 0 saturated heterocycles. The predicted octanol–water partition coefficient (Wildman–Crippen LogP) is 3.38. The van der Waals surface area contributed by atoms with Crippen molar-refractivity contribution in [2.75, 3.05) is 14.2 Å². The fourth-order valence-electron chi connectivity index (χ4n) is 2.67. The summed E-state index contributed by atoms with van der Waals surface area (Å²) in [4.78, 5) is 47.4. The molecule has 0 spiro atoms. The highest BCUT2D eigenvalue weighted by Gasteiger charge is 2.25. The van der Waals surface area contributed by atoms with Gasteiger partial charge in [-0.2, -0.15) is 0 Å². The van der Waals surface area contributed by atoms with Crippen LogP contribution < -0.4 is 19.9 Å². The van der Waals surface area contributed by atoms with Gasteiger partial charge in [-0.3, -0.25) is 4.79 Å². The lowest BCUT2D eigenvalue weighted by Crippen LogP contribution is -2.39. The largest absolute Gasteiger partial charge is 0.514 e. The average molecular weight is 505 g/mol. The molecule has 2 aromatic carbocycles. The highest BCUT2D eigenvalue weighted by Crippen LogP contribution is 2.30. The minimum atomic E-state index is -1.12. The first-order valence-electron chi connectivity index (χ1n) is 10.7. The number of carbonyl (C=O) groups excluding carboxylic acids is 4. The number of ether oxygens (including phenoxy) is 7. The van der Waals surface area contributed by atoms with Crippen LogP contribution in [-0.4, -0.2) is 56.9 Å². The molecular weight excluding hydrogens is 478 g/mol. The van der Waals surface area contributed by atoms with Crippen LogP contribution in [0.1, 0.15) is 19.4 Å². The van der Waals surface area contributed by atoms with E-state index in [1.54, 1.807) is 30.3 Å². The third-order valence-electron chi connectivity index (χ3n) is 4.68. The second kappa shape index (κ2) is 13.5. The molecule has 0 unspecified atom stereocenters. The van der Waals surface area contributed by atoms with Gasteiger partial charge in [-0.25, -0.2) is 14.4 Å². The molecule has 0 saturated carbocycles. The first-order chi connectivity index (χ1) is 17.1. The number of hydrogen-bond acceptors (Lipinski definition) is 12. The SMILES string of the molecule is COC(=O)Oc1ccc(C[C@H](N)C(=O)O[C@@H](C)[C@H](C)OC(=O)Oc2ccccc2)cc1OC(=O)OC. The Morgan fingerprint density at radius 2 is 1.33 bits per heavy atom. The van der Waals surface area contributed by atoms with Crippen LogP contribution in [-0.2, 0) is 30.2 Å². The Hall–Kier alpha value is -4.32. The quantitative estimate of drug-likeness (QED) is 0.301. The van der Waals surface area contributed by atoms with E-state index in [4.69, 9.17) is 29.4 Å². The third-order valence-corrected chi connectivity index (χ3v) is 4.68. The second-order valence-corrected chi connectivity index (χ2v) is 7.33. The maximum atomic E-state index is 12.5. The van der Waals surface area contributed by atoms with Gasteiger partial charge in [-0.05, 0) is 50.1 Å². The third kappa shape index (κ3) is 8.80. The normalized spacial score (nSPS) is 12.8. The highest BCUT2D eigenvalue weighted by atomic mass is 16.7. The summed E-state index contributed by atoms with van der Waals surface area (Å²) in [6.45, 7) is 3.07. The molecule has 0 aliphatic heterocycles. The van der Waals surface area contributed by atoms with Crippen molar-refractivity contribution in [3.8, 4) is 17.2 Å². The number of methoxy groups -OCH3 is 2. The zero-order chi connectivity index (χ0) is 26.7. The number of benzene rings is 2. The summed E-state index contributed by atoms with van der Waals surface area (Å²) in [6, 6.07) is 11.4. The van der Waals surface area contributed by atoms with Gasteiger partial charge in [0.05, 0.1) is 14.2 Å². The van der Waals surface area contributed by atoms with Crippen molar-refractivity contribution in [1.82, 2.24) is 0 Å². The summed E-state index contributed by atoms with van der Waals surface area (Å²) in [5, 5.41) is 0. The number of carbonyl (C=O) groups is 4. The van der Waals surface area contributed by atoms with Crippen molar-refractivity contribution in [3.63, 3.8) is 0 Å². The zero-order valence-electron chi connectivity index (χ0n) is 20.1. The maximum Gasteiger partial charge on any atom is 0.514 e. The van der Waals surface area contributed by atoms with E-state index >= 15 is 0 Å². The molecule has 2 rings (SSSR count). The Morgan fingerprint density at radius 1 is 0.750 bits per heavy atom. The number of esters is 1. The molecule has 0 amide bonds. The van der Waals surface area contributed by atoms with E-state index in [0.29, 0.717) is 11.3 Å². The maximum absolute atomic E-state index is 12.5. The molecule has 0 bridgehead atoms. The molecule has 0 aromatic heterocycles. The molecule has 0 radical (unpaired) electrons. The summed E-state index contributed by atoms with van der Waals surface area (Å²) in [5.74, 6) is -0.730. The molecule has 194 valence electrons. The molecule has 2 N–H and O–H groups in total. The average Bonchev–Trinajstić information content (AvgIpc) is 2.85. The Balaban J connectivity index is 1.96. The molecule has 3 atom stereocenters. The van der Waals surface area contributed by atoms with Gasteiger partial charge in [0.1, 0.15) is 24.0 Å². The number of para-hydroxylation sites is 1. The molecule has 0 aliphatic rings. The van der Waals surface area contributed by atoms with Gasteiger partial charge in [0.15, 0.2) is 11.5 Å². The van der Waals surface area contributed by atoms with Crippen molar-refractivity contribution >= 4 is 24.4 Å². The van der Waals surface area contributed by atoms with Crippen molar-refractivity contribution in [1.29, 1.82) is 0 Å². The van der Waals surface area contributed by atoms with Gasteiger partial charge in [-0.1, -0.05) is 24.3 Å². The van der Waals surface area contributed by atoms with Crippen LogP contribution in [0.2, 0.25) is 0 Å². The minimum Gasteiger partial charge on any atom is -0.458 e. The zero-order valence-corrected chi connectivity index (χ0v) is 20.1. The van der Waals surface area contributed by atoms with Crippen LogP contribution in [0.5, 0.6) is 17.2 Å². The lowest BCUT2D eigenvalue weighted by Gasteiger charge is -2.22. The Labute approximate surface area is 207 Å². The van der Waals surface area contributed by atoms with E-state index in [0.717, 1.165) is 14.2 Å². The molecule has 2 aromatic rings. The van der Waals surface area contributed by atoms with Crippen molar-refractivity contribution < 1.29 is 52.3 Å². The molecular formula is C24H27NO11. The Kier molecular flexibility index (Phi) is 10.5. The number of nitrogens with two attached hydrogens (primary N) is 1. The van der Waals surface area contributed by atoms with Gasteiger partial charge < -0.3 is 38.9 Å². The first kappa shape index (κ1) is 27.9. The summed E-state index contributed by atoms with van der Waals surface area (Å²) >= 11 is 0. The van der Waals surface area contributed by atoms with Crippen LogP contribution >= 0.6 is 0 Å². The monoisotopic (exact) mass is 505 g/mol. The van der Waals surface area contributed by atoms with E-state index in [2.05, 4.69) is 9.47 Å². The van der Waals surface area contributed by atoms with Crippen molar-refractivity contribution in [3.05, 3.63) is 54.1 Å². The summed E-state index contributed by atoms with van der Waals surface area (Å²) < 4.78 is 34.3. The summed E-state index contributed by atoms with van der Waals surface area (Å²) in [5.41, 5.74) is 6.43. The van der Waals surface area contributed by atoms with E-state index in [1.165, 1.54) is 32.0 Å². The molecule has 0 fully saturated rings. The van der Waals surface area contributed by atoms with Crippen LogP contribution in [0.25, 0.3) is 0 Å². The first-order valence-corrected chi connectivity index (χ1v) is 10.7. The predicted molar refractivity (Wildman–Crippen MR) is 123 cm³/mol. The smallest absolute Gasteiger partial charge is 0.458 e. The van der Waals surface area contributed by atoms with Crippen molar-refractivity contribution in [2.24, 2.45) is 5.73 Å². The Morgan fingerprint density at radius 3 is 1.94 bits per heavy atom. The molecule has 36 heavy (non-hydrogen) atoms. The topological polar surface area (TPSA) is 159 Å². The van der Waals surface area contributed by atoms with Crippen LogP contribution in [0.15, 0.2) is 48.5 Å². The van der Waals surface area contributed by atoms with Gasteiger partial charge in [-0.15, -0.1) is 0 Å². The van der Waals surface area contributed by atoms with Crippen LogP contribution in [0.4, 0.5) is 14.4 Å². The van der Waals surface area contributed by atoms with Gasteiger partial charge in [0, 0.05) is 0 Å². The molecule has 12 heteroatoms. The van der Waals surface area contributed by atoms with Crippen LogP contribution in [0, 0.1) is 0 Å². The second-order valence-electron chi connectivity index (χ2n) is 7.33. The fourth-order valence-corrected chi connectivity index (χ4v) is 2.67. The lowest BCUT2D eigenvalue weighted by molar-refractivity contribution is -0.155. The fraction of sp³-hybridized carbons (Fsp3) is 0.333. The summed E-state index contributed by atoms with van der Waals surface area (Å²) in [6.07, 6.45) is -4.72. The van der Waals surface area contributed by atoms with E-state index in [9.17, 15) is 19.2 Å². The van der Waals surface area contributed by atoms with Gasteiger partial charge >= 0.3 is 24.4 Å². The van der Waals surface area contributed by atoms with Crippen LogP contribution in [0.3, 0.4) is 0 Å². The van der Waals surface area contributed by atoms with E-state index < -0.39 is 42.7 Å². The molecule has 0 heterocycles. The highest BCUT2D eigenvalue weighted by molar-refractivity contribution is 5.76. The lowest BCUT2D eigenvalue weighted by atomic mass is 10.1. The summed E-state index contributed by atoms with van der Waals surface area (Å²) in [7, 11) is 2.22. The van der Waals surface area contributed by atoms with E-state index in [-0.39, 0.29) is 17.9 Å². The van der Waals surface area contributed by atoms with Crippen molar-refractivity contribution in [2.45, 2.75) is 38.5 Å². The minimum absolute atomic E-state index is 0.0210. The number of hydrogen-bond donors (Lipinski definition) is 1. The van der Waals surface area contributed by atoms with E-state index in [1.807, 2.05) is 0 Å².